The summed E-state index contributed by atoms with van der Waals surface area (Å²) >= 11 is 0. The Morgan fingerprint density at radius 2 is 1.52 bits per heavy atom. The van der Waals surface area contributed by atoms with E-state index in [1.54, 1.807) is 12.1 Å². The molecule has 0 spiro atoms. The van der Waals surface area contributed by atoms with Gasteiger partial charge in [0.25, 0.3) is 5.91 Å². The molecule has 0 aliphatic rings. The van der Waals surface area contributed by atoms with E-state index in [0.29, 0.717) is 11.7 Å². The fourth-order valence-electron chi connectivity index (χ4n) is 2.72. The maximum absolute atomic E-state index is 12.4. The van der Waals surface area contributed by atoms with E-state index in [1.165, 1.54) is 5.56 Å². The molecule has 0 fully saturated rings. The molecule has 1 unspecified atom stereocenters. The molecule has 1 amide bonds. The van der Waals surface area contributed by atoms with Crippen molar-refractivity contribution in [1.82, 2.24) is 10.2 Å². The van der Waals surface area contributed by atoms with Gasteiger partial charge < -0.3 is 10.6 Å². The number of carbonyl (C=O) groups excluding carboxylic acids is 1. The summed E-state index contributed by atoms with van der Waals surface area (Å²) in [6, 6.07) is 21.5. The van der Waals surface area contributed by atoms with Crippen molar-refractivity contribution in [2.75, 3.05) is 10.6 Å². The highest BCUT2D eigenvalue weighted by Gasteiger charge is 2.11. The molecule has 0 aliphatic heterocycles. The normalized spacial score (nSPS) is 11.9. The molecule has 27 heavy (non-hydrogen) atoms. The quantitative estimate of drug-likeness (QED) is 0.647. The Kier molecular flexibility index (Phi) is 5.81. The second kappa shape index (κ2) is 8.45. The Morgan fingerprint density at radius 1 is 0.815 bits per heavy atom. The van der Waals surface area contributed by atoms with Gasteiger partial charge in [0.05, 0.1) is 0 Å². The van der Waals surface area contributed by atoms with Crippen LogP contribution in [0.2, 0.25) is 0 Å². The molecular formula is C22H24N4O. The maximum atomic E-state index is 12.4. The van der Waals surface area contributed by atoms with Gasteiger partial charge in [0.2, 0.25) is 0 Å². The largest absolute Gasteiger partial charge is 0.362 e. The van der Waals surface area contributed by atoms with Crippen molar-refractivity contribution >= 4 is 17.4 Å². The van der Waals surface area contributed by atoms with Crippen LogP contribution in [0, 0.1) is 0 Å². The van der Waals surface area contributed by atoms with Gasteiger partial charge in [0.15, 0.2) is 5.69 Å². The minimum Gasteiger partial charge on any atom is -0.362 e. The SMILES string of the molecule is CC(C)c1ccc(NC(=O)c2ccc(NC(C)c3ccccc3)nn2)cc1. The van der Waals surface area contributed by atoms with E-state index < -0.39 is 0 Å². The van der Waals surface area contributed by atoms with Crippen molar-refractivity contribution in [3.63, 3.8) is 0 Å². The lowest BCUT2D eigenvalue weighted by atomic mass is 10.0. The highest BCUT2D eigenvalue weighted by atomic mass is 16.1. The first-order valence-electron chi connectivity index (χ1n) is 9.09. The Labute approximate surface area is 159 Å². The number of nitrogens with one attached hydrogen (secondary N) is 2. The fraction of sp³-hybridized carbons (Fsp3) is 0.227. The van der Waals surface area contributed by atoms with Crippen LogP contribution in [0.25, 0.3) is 0 Å². The molecule has 2 aromatic carbocycles. The van der Waals surface area contributed by atoms with Crippen LogP contribution in [0.5, 0.6) is 0 Å². The van der Waals surface area contributed by atoms with Crippen LogP contribution in [-0.2, 0) is 0 Å². The molecule has 1 heterocycles. The third-order valence-electron chi connectivity index (χ3n) is 4.40. The first-order valence-corrected chi connectivity index (χ1v) is 9.09. The number of carbonyl (C=O) groups is 1. The van der Waals surface area contributed by atoms with Crippen LogP contribution in [0.1, 0.15) is 54.3 Å². The summed E-state index contributed by atoms with van der Waals surface area (Å²) in [4.78, 5) is 12.4. The van der Waals surface area contributed by atoms with Gasteiger partial charge in [0, 0.05) is 11.7 Å². The number of aromatic nitrogens is 2. The van der Waals surface area contributed by atoms with Gasteiger partial charge in [0.1, 0.15) is 5.82 Å². The highest BCUT2D eigenvalue weighted by molar-refractivity contribution is 6.02. The van der Waals surface area contributed by atoms with E-state index in [4.69, 9.17) is 0 Å². The molecule has 5 heteroatoms. The monoisotopic (exact) mass is 360 g/mol. The lowest BCUT2D eigenvalue weighted by Crippen LogP contribution is -2.15. The Bertz CT molecular complexity index is 874. The lowest BCUT2D eigenvalue weighted by Gasteiger charge is -2.14. The molecule has 3 aromatic rings. The second-order valence-electron chi connectivity index (χ2n) is 6.81. The molecule has 1 aromatic heterocycles. The van der Waals surface area contributed by atoms with Crippen molar-refractivity contribution in [3.05, 3.63) is 83.6 Å². The fourth-order valence-corrected chi connectivity index (χ4v) is 2.72. The zero-order valence-electron chi connectivity index (χ0n) is 15.8. The minimum absolute atomic E-state index is 0.0969. The minimum atomic E-state index is -0.276. The van der Waals surface area contributed by atoms with Gasteiger partial charge in [-0.05, 0) is 48.2 Å². The first-order chi connectivity index (χ1) is 13.0. The topological polar surface area (TPSA) is 66.9 Å². The highest BCUT2D eigenvalue weighted by Crippen LogP contribution is 2.19. The summed E-state index contributed by atoms with van der Waals surface area (Å²) in [5.41, 5.74) is 3.41. The van der Waals surface area contributed by atoms with Gasteiger partial charge >= 0.3 is 0 Å². The average Bonchev–Trinajstić information content (AvgIpc) is 2.69. The van der Waals surface area contributed by atoms with Gasteiger partial charge in [-0.25, -0.2) is 0 Å². The van der Waals surface area contributed by atoms with Crippen molar-refractivity contribution in [3.8, 4) is 0 Å². The number of rotatable bonds is 6. The molecule has 0 saturated carbocycles. The van der Waals surface area contributed by atoms with Crippen LogP contribution in [0.4, 0.5) is 11.5 Å². The molecule has 0 bridgehead atoms. The summed E-state index contributed by atoms with van der Waals surface area (Å²) in [7, 11) is 0. The Morgan fingerprint density at radius 3 is 2.11 bits per heavy atom. The number of anilines is 2. The number of nitrogens with zero attached hydrogens (tertiary/aromatic N) is 2. The first kappa shape index (κ1) is 18.6. The number of benzene rings is 2. The summed E-state index contributed by atoms with van der Waals surface area (Å²) < 4.78 is 0. The summed E-state index contributed by atoms with van der Waals surface area (Å²) in [5.74, 6) is 0.811. The van der Waals surface area contributed by atoms with E-state index >= 15 is 0 Å². The van der Waals surface area contributed by atoms with Crippen molar-refractivity contribution in [2.24, 2.45) is 0 Å². The van der Waals surface area contributed by atoms with E-state index in [1.807, 2.05) is 42.5 Å². The smallest absolute Gasteiger partial charge is 0.276 e. The van der Waals surface area contributed by atoms with Crippen LogP contribution in [0.15, 0.2) is 66.7 Å². The van der Waals surface area contributed by atoms with Gasteiger partial charge in [-0.3, -0.25) is 4.79 Å². The zero-order valence-corrected chi connectivity index (χ0v) is 15.8. The molecule has 0 aliphatic carbocycles. The number of hydrogen-bond donors (Lipinski definition) is 2. The van der Waals surface area contributed by atoms with Crippen LogP contribution < -0.4 is 10.6 Å². The molecule has 0 radical (unpaired) electrons. The Balaban J connectivity index is 1.61. The third-order valence-corrected chi connectivity index (χ3v) is 4.40. The van der Waals surface area contributed by atoms with Gasteiger partial charge in [-0.1, -0.05) is 56.3 Å². The molecule has 3 rings (SSSR count). The van der Waals surface area contributed by atoms with E-state index in [2.05, 4.69) is 53.7 Å². The predicted molar refractivity (Wildman–Crippen MR) is 109 cm³/mol. The lowest BCUT2D eigenvalue weighted by molar-refractivity contribution is 0.102. The predicted octanol–water partition coefficient (Wildman–Crippen LogP) is 5.03. The van der Waals surface area contributed by atoms with Crippen LogP contribution in [0.3, 0.4) is 0 Å². The van der Waals surface area contributed by atoms with Crippen molar-refractivity contribution in [1.29, 1.82) is 0 Å². The Hall–Kier alpha value is -3.21. The van der Waals surface area contributed by atoms with E-state index in [-0.39, 0.29) is 17.6 Å². The zero-order chi connectivity index (χ0) is 19.2. The molecule has 2 N–H and O–H groups in total. The summed E-state index contributed by atoms with van der Waals surface area (Å²) in [6.07, 6.45) is 0. The molecule has 138 valence electrons. The molecular weight excluding hydrogens is 336 g/mol. The van der Waals surface area contributed by atoms with Crippen LogP contribution in [-0.4, -0.2) is 16.1 Å². The summed E-state index contributed by atoms with van der Waals surface area (Å²) in [6.45, 7) is 6.33. The number of hydrogen-bond acceptors (Lipinski definition) is 4. The van der Waals surface area contributed by atoms with Crippen molar-refractivity contribution in [2.45, 2.75) is 32.7 Å². The van der Waals surface area contributed by atoms with Gasteiger partial charge in [-0.15, -0.1) is 10.2 Å². The second-order valence-corrected chi connectivity index (χ2v) is 6.81. The average molecular weight is 360 g/mol. The van der Waals surface area contributed by atoms with Gasteiger partial charge in [-0.2, -0.15) is 0 Å². The molecule has 5 nitrogen and oxygen atoms in total. The standard InChI is InChI=1S/C22H24N4O/c1-15(2)17-9-11-19(12-10-17)24-22(27)20-13-14-21(26-25-20)23-16(3)18-7-5-4-6-8-18/h4-16H,1-3H3,(H,23,26)(H,24,27). The van der Waals surface area contributed by atoms with E-state index in [9.17, 15) is 4.79 Å². The number of amides is 1. The molecule has 0 saturated heterocycles. The third kappa shape index (κ3) is 4.91. The van der Waals surface area contributed by atoms with E-state index in [0.717, 1.165) is 11.3 Å². The molecule has 1 atom stereocenters. The van der Waals surface area contributed by atoms with Crippen molar-refractivity contribution < 1.29 is 4.79 Å². The summed E-state index contributed by atoms with van der Waals surface area (Å²) in [5, 5.41) is 14.3. The maximum Gasteiger partial charge on any atom is 0.276 e. The van der Waals surface area contributed by atoms with Crippen LogP contribution >= 0.6 is 0 Å².